The van der Waals surface area contributed by atoms with Crippen molar-refractivity contribution in [3.63, 3.8) is 0 Å². The summed E-state index contributed by atoms with van der Waals surface area (Å²) >= 11 is 0. The Morgan fingerprint density at radius 2 is 1.88 bits per heavy atom. The van der Waals surface area contributed by atoms with E-state index in [0.717, 1.165) is 13.0 Å². The molecule has 3 nitrogen and oxygen atoms in total. The number of rotatable bonds is 6. The van der Waals surface area contributed by atoms with Crippen molar-refractivity contribution in [1.82, 2.24) is 0 Å². The van der Waals surface area contributed by atoms with Crippen LogP contribution in [0.4, 0.5) is 0 Å². The maximum atomic E-state index is 5.87. The van der Waals surface area contributed by atoms with Crippen molar-refractivity contribution in [2.45, 2.75) is 78.0 Å². The third kappa shape index (κ3) is 4.74. The Kier molecular flexibility index (Phi) is 6.10. The second-order valence-electron chi connectivity index (χ2n) is 5.57. The Labute approximate surface area is 106 Å². The molecule has 3 heteroatoms. The lowest BCUT2D eigenvalue weighted by atomic mass is 9.96. The molecule has 0 heterocycles. The lowest BCUT2D eigenvalue weighted by Crippen LogP contribution is -2.33. The number of hydrogen-bond donors (Lipinski definition) is 0. The summed E-state index contributed by atoms with van der Waals surface area (Å²) < 4.78 is 5.87. The van der Waals surface area contributed by atoms with Gasteiger partial charge in [-0.15, -0.1) is 0 Å². The Bertz CT molecular complexity index is 234. The van der Waals surface area contributed by atoms with Crippen LogP contribution >= 0.6 is 0 Å². The molecule has 1 aliphatic carbocycles. The van der Waals surface area contributed by atoms with Gasteiger partial charge in [0.05, 0.1) is 6.04 Å². The van der Waals surface area contributed by atoms with E-state index in [1.165, 1.54) is 32.1 Å². The largest absolute Gasteiger partial charge is 0.352 e. The summed E-state index contributed by atoms with van der Waals surface area (Å²) in [5.41, 5.74) is -0.437. The fraction of sp³-hybridized carbons (Fsp3) is 1.00. The van der Waals surface area contributed by atoms with Crippen molar-refractivity contribution >= 4 is 0 Å². The minimum absolute atomic E-state index is 0.362. The summed E-state index contributed by atoms with van der Waals surface area (Å²) in [6, 6.07) is 0.437. The third-order valence-electron chi connectivity index (χ3n) is 3.66. The highest BCUT2D eigenvalue weighted by Crippen LogP contribution is 2.27. The molecule has 1 atom stereocenters. The molecule has 100 valence electrons. The smallest absolute Gasteiger partial charge is 0.178 e. The molecule has 17 heavy (non-hydrogen) atoms. The van der Waals surface area contributed by atoms with Gasteiger partial charge in [0, 0.05) is 12.5 Å². The summed E-state index contributed by atoms with van der Waals surface area (Å²) in [6.07, 6.45) is 7.40. The number of ether oxygens (including phenoxy) is 1. The van der Waals surface area contributed by atoms with Crippen molar-refractivity contribution in [3.8, 4) is 0 Å². The van der Waals surface area contributed by atoms with Gasteiger partial charge in [-0.3, -0.25) is 0 Å². The van der Waals surface area contributed by atoms with Crippen molar-refractivity contribution in [3.05, 3.63) is 0 Å². The van der Waals surface area contributed by atoms with E-state index in [1.54, 1.807) is 0 Å². The second-order valence-corrected chi connectivity index (χ2v) is 5.57. The molecule has 0 radical (unpaired) electrons. The van der Waals surface area contributed by atoms with Crippen LogP contribution < -0.4 is 0 Å². The first-order valence-corrected chi connectivity index (χ1v) is 7.14. The van der Waals surface area contributed by atoms with Gasteiger partial charge in [-0.05, 0) is 26.2 Å². The number of nitrogens with zero attached hydrogens (tertiary/aromatic N) is 2. The van der Waals surface area contributed by atoms with E-state index in [2.05, 4.69) is 37.9 Å². The van der Waals surface area contributed by atoms with Crippen LogP contribution in [0.15, 0.2) is 10.2 Å². The van der Waals surface area contributed by atoms with Crippen LogP contribution in [0, 0.1) is 5.92 Å². The quantitative estimate of drug-likeness (QED) is 0.626. The number of azo groups is 1. The van der Waals surface area contributed by atoms with E-state index in [9.17, 15) is 0 Å². The van der Waals surface area contributed by atoms with E-state index >= 15 is 0 Å². The fourth-order valence-electron chi connectivity index (χ4n) is 2.01. The number of hydrogen-bond acceptors (Lipinski definition) is 3. The molecule has 0 aliphatic heterocycles. The highest BCUT2D eigenvalue weighted by Gasteiger charge is 2.29. The first-order valence-electron chi connectivity index (χ1n) is 7.14. The summed E-state index contributed by atoms with van der Waals surface area (Å²) in [6.45, 7) is 9.24. The molecule has 1 aliphatic rings. The molecule has 0 aromatic carbocycles. The predicted molar refractivity (Wildman–Crippen MR) is 71.2 cm³/mol. The van der Waals surface area contributed by atoms with Crippen LogP contribution in [0.3, 0.4) is 0 Å². The Morgan fingerprint density at radius 3 is 2.41 bits per heavy atom. The van der Waals surface area contributed by atoms with Gasteiger partial charge in [-0.2, -0.15) is 10.2 Å². The normalized spacial score (nSPS) is 22.2. The lowest BCUT2D eigenvalue weighted by molar-refractivity contribution is -0.0638. The van der Waals surface area contributed by atoms with Gasteiger partial charge >= 0.3 is 0 Å². The van der Waals surface area contributed by atoms with Crippen molar-refractivity contribution in [2.75, 3.05) is 6.61 Å². The molecule has 0 saturated heterocycles. The molecular weight excluding hydrogens is 212 g/mol. The highest BCUT2D eigenvalue weighted by atomic mass is 16.5. The van der Waals surface area contributed by atoms with Gasteiger partial charge in [0.2, 0.25) is 0 Å². The Balaban J connectivity index is 2.54. The minimum Gasteiger partial charge on any atom is -0.352 e. The lowest BCUT2D eigenvalue weighted by Gasteiger charge is -2.29. The first-order chi connectivity index (χ1) is 8.08. The average Bonchev–Trinajstić information content (AvgIpc) is 2.35. The van der Waals surface area contributed by atoms with E-state index in [0.29, 0.717) is 12.0 Å². The molecular formula is C14H28N2O. The molecule has 0 spiro atoms. The van der Waals surface area contributed by atoms with Gasteiger partial charge in [-0.1, -0.05) is 40.0 Å². The van der Waals surface area contributed by atoms with Crippen LogP contribution in [-0.4, -0.2) is 18.4 Å². The molecule has 0 bridgehead atoms. The van der Waals surface area contributed by atoms with Gasteiger partial charge in [0.25, 0.3) is 0 Å². The van der Waals surface area contributed by atoms with Crippen molar-refractivity contribution in [1.29, 1.82) is 0 Å². The van der Waals surface area contributed by atoms with Crippen LogP contribution in [0.2, 0.25) is 0 Å². The van der Waals surface area contributed by atoms with Crippen molar-refractivity contribution < 1.29 is 4.74 Å². The predicted octanol–water partition coefficient (Wildman–Crippen LogP) is 4.57. The third-order valence-corrected chi connectivity index (χ3v) is 3.66. The topological polar surface area (TPSA) is 34.0 Å². The van der Waals surface area contributed by atoms with Gasteiger partial charge in [0.15, 0.2) is 5.72 Å². The summed E-state index contributed by atoms with van der Waals surface area (Å²) in [7, 11) is 0. The van der Waals surface area contributed by atoms with E-state index in [-0.39, 0.29) is 0 Å². The zero-order valence-electron chi connectivity index (χ0n) is 11.9. The van der Waals surface area contributed by atoms with Crippen LogP contribution in [0.1, 0.15) is 66.2 Å². The van der Waals surface area contributed by atoms with Gasteiger partial charge in [-0.25, -0.2) is 0 Å². The molecule has 1 saturated carbocycles. The van der Waals surface area contributed by atoms with E-state index < -0.39 is 5.72 Å². The SMILES string of the molecule is CCCOC(C)(N=NC1CCCCC1)C(C)C. The summed E-state index contributed by atoms with van der Waals surface area (Å²) in [4.78, 5) is 0. The average molecular weight is 240 g/mol. The molecule has 1 fully saturated rings. The fourth-order valence-corrected chi connectivity index (χ4v) is 2.01. The maximum Gasteiger partial charge on any atom is 0.178 e. The summed E-state index contributed by atoms with van der Waals surface area (Å²) in [5.74, 6) is 0.362. The van der Waals surface area contributed by atoms with Gasteiger partial charge in [0.1, 0.15) is 0 Å². The van der Waals surface area contributed by atoms with Gasteiger partial charge < -0.3 is 4.74 Å². The van der Waals surface area contributed by atoms with Crippen LogP contribution in [-0.2, 0) is 4.74 Å². The first kappa shape index (κ1) is 14.6. The zero-order valence-corrected chi connectivity index (χ0v) is 11.9. The standard InChI is InChI=1S/C14H28N2O/c1-5-11-17-14(4,12(2)3)16-15-13-9-7-6-8-10-13/h12-13H,5-11H2,1-4H3. The highest BCUT2D eigenvalue weighted by molar-refractivity contribution is 4.77. The van der Waals surface area contributed by atoms with E-state index in [4.69, 9.17) is 4.74 Å². The Hall–Kier alpha value is -0.440. The van der Waals surface area contributed by atoms with Crippen LogP contribution in [0.5, 0.6) is 0 Å². The maximum absolute atomic E-state index is 5.87. The monoisotopic (exact) mass is 240 g/mol. The summed E-state index contributed by atoms with van der Waals surface area (Å²) in [5, 5.41) is 9.05. The Morgan fingerprint density at radius 1 is 1.24 bits per heavy atom. The second kappa shape index (κ2) is 7.10. The molecule has 0 aromatic heterocycles. The van der Waals surface area contributed by atoms with Crippen LogP contribution in [0.25, 0.3) is 0 Å². The minimum atomic E-state index is -0.437. The molecule has 0 N–H and O–H groups in total. The molecule has 1 unspecified atom stereocenters. The molecule has 0 aromatic rings. The zero-order chi connectivity index (χ0) is 12.7. The molecule has 0 amide bonds. The molecule has 1 rings (SSSR count). The van der Waals surface area contributed by atoms with Crippen molar-refractivity contribution in [2.24, 2.45) is 16.1 Å². The van der Waals surface area contributed by atoms with E-state index in [1.807, 2.05) is 0 Å².